The van der Waals surface area contributed by atoms with Crippen molar-refractivity contribution in [1.29, 1.82) is 0 Å². The van der Waals surface area contributed by atoms with E-state index >= 15 is 0 Å². The largest absolute Gasteiger partial charge is 0.490 e. The van der Waals surface area contributed by atoms with Gasteiger partial charge in [0.05, 0.1) is 5.56 Å². The molecule has 8 heteroatoms. The number of carbonyl (C=O) groups is 1. The number of β-amino-alcohol motifs (C(OH)–C–C–N with tert-alkyl or cyclic N) is 1. The molecule has 3 aromatic carbocycles. The minimum Gasteiger partial charge on any atom is -0.490 e. The highest BCUT2D eigenvalue weighted by atomic mass is 35.5. The Hall–Kier alpha value is -3.52. The number of H-pyrrole nitrogens is 1. The smallest absolute Gasteiger partial charge is 0.252 e. The van der Waals surface area contributed by atoms with E-state index in [0.29, 0.717) is 23.1 Å². The molecular weight excluding hydrogens is 478 g/mol. The van der Waals surface area contributed by atoms with Gasteiger partial charge in [-0.25, -0.2) is 0 Å². The molecule has 4 aromatic rings. The van der Waals surface area contributed by atoms with Crippen LogP contribution in [0.2, 0.25) is 5.02 Å². The van der Waals surface area contributed by atoms with Crippen LogP contribution >= 0.6 is 11.6 Å². The Morgan fingerprint density at radius 2 is 1.89 bits per heavy atom. The first-order valence-electron chi connectivity index (χ1n) is 11.7. The fraction of sp³-hybridized carbons (Fsp3) is 0.250. The van der Waals surface area contributed by atoms with Gasteiger partial charge in [-0.2, -0.15) is 0 Å². The van der Waals surface area contributed by atoms with Crippen molar-refractivity contribution in [2.45, 2.75) is 31.9 Å². The maximum absolute atomic E-state index is 11.7. The van der Waals surface area contributed by atoms with E-state index in [9.17, 15) is 9.90 Å². The number of hydrogen-bond acceptors (Lipinski definition) is 5. The van der Waals surface area contributed by atoms with Crippen LogP contribution in [0.1, 0.15) is 29.8 Å². The number of nitrogens with two attached hydrogens (primary N) is 1. The molecule has 0 spiro atoms. The Labute approximate surface area is 215 Å². The van der Waals surface area contributed by atoms with Crippen molar-refractivity contribution < 1.29 is 19.4 Å². The van der Waals surface area contributed by atoms with Crippen molar-refractivity contribution in [1.82, 2.24) is 10.3 Å². The molecule has 188 valence electrons. The molecule has 1 atom stereocenters. The van der Waals surface area contributed by atoms with Crippen LogP contribution in [-0.4, -0.2) is 40.8 Å². The van der Waals surface area contributed by atoms with Crippen molar-refractivity contribution in [2.24, 2.45) is 5.73 Å². The molecule has 0 radical (unpaired) electrons. The fourth-order valence-corrected chi connectivity index (χ4v) is 4.15. The molecule has 0 fully saturated rings. The summed E-state index contributed by atoms with van der Waals surface area (Å²) in [4.78, 5) is 14.8. The van der Waals surface area contributed by atoms with Gasteiger partial charge in [-0.1, -0.05) is 29.8 Å². The number of nitrogens with one attached hydrogen (secondary N) is 2. The zero-order valence-corrected chi connectivity index (χ0v) is 21.0. The van der Waals surface area contributed by atoms with Crippen LogP contribution < -0.4 is 20.5 Å². The number of halogens is 1. The second kappa shape index (κ2) is 11.0. The lowest BCUT2D eigenvalue weighted by Crippen LogP contribution is -2.46. The highest BCUT2D eigenvalue weighted by molar-refractivity contribution is 6.31. The van der Waals surface area contributed by atoms with Crippen molar-refractivity contribution in [3.8, 4) is 17.2 Å². The van der Waals surface area contributed by atoms with Crippen LogP contribution in [0.5, 0.6) is 17.2 Å². The molecule has 1 amide bonds. The van der Waals surface area contributed by atoms with Crippen molar-refractivity contribution in [3.05, 3.63) is 89.1 Å². The van der Waals surface area contributed by atoms with Crippen LogP contribution in [0.4, 0.5) is 0 Å². The second-order valence-electron chi connectivity index (χ2n) is 9.35. The Balaban J connectivity index is 1.28. The van der Waals surface area contributed by atoms with Gasteiger partial charge in [0, 0.05) is 34.2 Å². The minimum atomic E-state index is -0.659. The van der Waals surface area contributed by atoms with Crippen LogP contribution in [0.15, 0.2) is 72.9 Å². The van der Waals surface area contributed by atoms with E-state index in [1.807, 2.05) is 54.7 Å². The third-order valence-corrected chi connectivity index (χ3v) is 6.04. The molecular formula is C28H30ClN3O4. The summed E-state index contributed by atoms with van der Waals surface area (Å²) < 4.78 is 11.7. The third-order valence-electron chi connectivity index (χ3n) is 5.81. The summed E-state index contributed by atoms with van der Waals surface area (Å²) in [6.07, 6.45) is 1.94. The van der Waals surface area contributed by atoms with Gasteiger partial charge in [0.15, 0.2) is 0 Å². The van der Waals surface area contributed by atoms with E-state index in [0.717, 1.165) is 28.6 Å². The molecule has 1 unspecified atom stereocenters. The number of aliphatic hydroxyl groups is 1. The van der Waals surface area contributed by atoms with Crippen molar-refractivity contribution >= 4 is 28.4 Å². The number of fused-ring (bicyclic) bond motifs is 1. The van der Waals surface area contributed by atoms with Gasteiger partial charge in [0.25, 0.3) is 5.91 Å². The summed E-state index contributed by atoms with van der Waals surface area (Å²) in [6.45, 7) is 4.75. The Morgan fingerprint density at radius 3 is 2.64 bits per heavy atom. The quantitative estimate of drug-likeness (QED) is 0.227. The molecule has 7 nitrogen and oxygen atoms in total. The number of primary amides is 1. The predicted molar refractivity (Wildman–Crippen MR) is 142 cm³/mol. The predicted octanol–water partition coefficient (Wildman–Crippen LogP) is 5.06. The maximum atomic E-state index is 11.7. The van der Waals surface area contributed by atoms with E-state index in [4.69, 9.17) is 26.8 Å². The number of rotatable bonds is 11. The first kappa shape index (κ1) is 25.6. The summed E-state index contributed by atoms with van der Waals surface area (Å²) in [5.74, 6) is 1.08. The highest BCUT2D eigenvalue weighted by Crippen LogP contribution is 2.28. The van der Waals surface area contributed by atoms with Crippen molar-refractivity contribution in [2.75, 3.05) is 13.2 Å². The number of benzene rings is 3. The number of ether oxygens (including phenoxy) is 2. The molecule has 36 heavy (non-hydrogen) atoms. The monoisotopic (exact) mass is 507 g/mol. The zero-order valence-electron chi connectivity index (χ0n) is 20.3. The minimum absolute atomic E-state index is 0.192. The molecule has 0 aliphatic heterocycles. The normalized spacial score (nSPS) is 12.4. The first-order chi connectivity index (χ1) is 17.2. The van der Waals surface area contributed by atoms with Gasteiger partial charge < -0.3 is 30.6 Å². The molecule has 0 saturated heterocycles. The van der Waals surface area contributed by atoms with E-state index < -0.39 is 12.0 Å². The third kappa shape index (κ3) is 6.57. The Morgan fingerprint density at radius 1 is 1.11 bits per heavy atom. The Kier molecular flexibility index (Phi) is 7.84. The number of aromatic nitrogens is 1. The zero-order chi connectivity index (χ0) is 25.7. The van der Waals surface area contributed by atoms with Crippen LogP contribution in [-0.2, 0) is 6.42 Å². The molecule has 1 heterocycles. The van der Waals surface area contributed by atoms with Gasteiger partial charge >= 0.3 is 0 Å². The lowest BCUT2D eigenvalue weighted by atomic mass is 9.94. The van der Waals surface area contributed by atoms with Gasteiger partial charge in [-0.05, 0) is 74.4 Å². The van der Waals surface area contributed by atoms with E-state index in [2.05, 4.69) is 24.1 Å². The number of amides is 1. The number of aliphatic hydroxyl groups excluding tert-OH is 1. The summed E-state index contributed by atoms with van der Waals surface area (Å²) in [6, 6.07) is 20.1. The molecule has 5 N–H and O–H groups in total. The lowest BCUT2D eigenvalue weighted by molar-refractivity contribution is 0.0995. The molecule has 0 aliphatic carbocycles. The van der Waals surface area contributed by atoms with E-state index in [1.54, 1.807) is 12.1 Å². The highest BCUT2D eigenvalue weighted by Gasteiger charge is 2.20. The summed E-state index contributed by atoms with van der Waals surface area (Å²) in [5, 5.41) is 15.3. The fourth-order valence-electron chi connectivity index (χ4n) is 3.98. The lowest BCUT2D eigenvalue weighted by Gasteiger charge is -2.28. The number of carbonyl (C=O) groups excluding carboxylic acids is 1. The molecule has 4 rings (SSSR count). The van der Waals surface area contributed by atoms with Gasteiger partial charge in [-0.3, -0.25) is 4.79 Å². The topological polar surface area (TPSA) is 110 Å². The summed E-state index contributed by atoms with van der Waals surface area (Å²) in [5.41, 5.74) is 7.49. The number of hydrogen-bond donors (Lipinski definition) is 4. The summed E-state index contributed by atoms with van der Waals surface area (Å²) in [7, 11) is 0. The van der Waals surface area contributed by atoms with E-state index in [-0.39, 0.29) is 17.7 Å². The standard InChI is InChI=1S/C28H30ClN3O4/c1-28(2,32-16-20(33)17-35-25-5-3-4-24-22(25)12-13-31-24)15-18-6-9-21(10-7-18)36-26-11-8-19(29)14-23(26)27(30)34/h3-14,20,31-33H,15-17H2,1-2H3,(H2,30,34). The van der Waals surface area contributed by atoms with Crippen LogP contribution in [0, 0.1) is 0 Å². The van der Waals surface area contributed by atoms with Crippen molar-refractivity contribution in [3.63, 3.8) is 0 Å². The van der Waals surface area contributed by atoms with Gasteiger partial charge in [-0.15, -0.1) is 0 Å². The molecule has 0 bridgehead atoms. The maximum Gasteiger partial charge on any atom is 0.252 e. The number of aromatic amines is 1. The Bertz CT molecular complexity index is 1330. The molecule has 1 aromatic heterocycles. The van der Waals surface area contributed by atoms with Crippen LogP contribution in [0.3, 0.4) is 0 Å². The van der Waals surface area contributed by atoms with Gasteiger partial charge in [0.2, 0.25) is 0 Å². The molecule has 0 aliphatic rings. The SMILES string of the molecule is CC(C)(Cc1ccc(Oc2ccc(Cl)cc2C(N)=O)cc1)NCC(O)COc1cccc2[nH]ccc12. The van der Waals surface area contributed by atoms with Gasteiger partial charge in [0.1, 0.15) is 30.0 Å². The van der Waals surface area contributed by atoms with Crippen LogP contribution in [0.25, 0.3) is 10.9 Å². The second-order valence-corrected chi connectivity index (χ2v) is 9.79. The average Bonchev–Trinajstić information content (AvgIpc) is 3.33. The average molecular weight is 508 g/mol. The first-order valence-corrected chi connectivity index (χ1v) is 12.1. The van der Waals surface area contributed by atoms with E-state index in [1.165, 1.54) is 6.07 Å². The molecule has 0 saturated carbocycles. The summed E-state index contributed by atoms with van der Waals surface area (Å²) >= 11 is 5.96.